The fraction of sp³-hybridized carbons (Fsp3) is 0.375. The van der Waals surface area contributed by atoms with Gasteiger partial charge in [0.05, 0.1) is 16.7 Å². The van der Waals surface area contributed by atoms with Crippen LogP contribution in [0.3, 0.4) is 0 Å². The van der Waals surface area contributed by atoms with Gasteiger partial charge in [0, 0.05) is 43.4 Å². The number of halogens is 1. The van der Waals surface area contributed by atoms with Crippen molar-refractivity contribution in [1.29, 1.82) is 0 Å². The predicted molar refractivity (Wildman–Crippen MR) is 132 cm³/mol. The molecule has 2 heterocycles. The molecule has 0 saturated carbocycles. The molecule has 0 atom stereocenters. The average molecular weight is 471 g/mol. The van der Waals surface area contributed by atoms with E-state index in [2.05, 4.69) is 41.1 Å². The Morgan fingerprint density at radius 2 is 1.91 bits per heavy atom. The maximum Gasteiger partial charge on any atom is 0.262 e. The second kappa shape index (κ2) is 9.96. The van der Waals surface area contributed by atoms with E-state index in [0.717, 1.165) is 19.5 Å². The van der Waals surface area contributed by atoms with E-state index in [1.165, 1.54) is 23.0 Å². The Balaban J connectivity index is 1.44. The number of rotatable bonds is 6. The summed E-state index contributed by atoms with van der Waals surface area (Å²) >= 11 is 7.42. The van der Waals surface area contributed by atoms with Gasteiger partial charge < -0.3 is 9.80 Å². The van der Waals surface area contributed by atoms with Gasteiger partial charge in [-0.05, 0) is 49.2 Å². The van der Waals surface area contributed by atoms with Crippen molar-refractivity contribution in [3.8, 4) is 0 Å². The van der Waals surface area contributed by atoms with E-state index in [1.807, 2.05) is 11.8 Å². The zero-order chi connectivity index (χ0) is 22.7. The minimum Gasteiger partial charge on any atom is -0.368 e. The third-order valence-electron chi connectivity index (χ3n) is 5.65. The third kappa shape index (κ3) is 4.94. The Labute approximate surface area is 197 Å². The number of fused-ring (bicyclic) bond motifs is 1. The molecule has 0 aliphatic carbocycles. The maximum absolute atomic E-state index is 13.0. The monoisotopic (exact) mass is 470 g/mol. The molecule has 1 fully saturated rings. The summed E-state index contributed by atoms with van der Waals surface area (Å²) in [6.45, 7) is 7.68. The van der Waals surface area contributed by atoms with E-state index in [-0.39, 0.29) is 17.2 Å². The van der Waals surface area contributed by atoms with Crippen LogP contribution in [0.2, 0.25) is 5.02 Å². The van der Waals surface area contributed by atoms with Gasteiger partial charge in [0.25, 0.3) is 5.56 Å². The summed E-state index contributed by atoms with van der Waals surface area (Å²) in [6, 6.07) is 13.6. The molecule has 3 aromatic rings. The Morgan fingerprint density at radius 1 is 1.12 bits per heavy atom. The van der Waals surface area contributed by atoms with Crippen molar-refractivity contribution >= 4 is 45.9 Å². The SMILES string of the molecule is CCCn1c(SCC(=O)N2CCN(c3cccc(C)c3)CC2)nc2cc(Cl)ccc2c1=O. The molecule has 32 heavy (non-hydrogen) atoms. The first-order chi connectivity index (χ1) is 15.5. The van der Waals surface area contributed by atoms with Gasteiger partial charge in [0.15, 0.2) is 5.16 Å². The van der Waals surface area contributed by atoms with E-state index in [0.29, 0.717) is 40.7 Å². The number of thioether (sulfide) groups is 1. The second-order valence-corrected chi connectivity index (χ2v) is 9.39. The van der Waals surface area contributed by atoms with Crippen molar-refractivity contribution in [2.45, 2.75) is 32.0 Å². The first kappa shape index (κ1) is 22.7. The topological polar surface area (TPSA) is 58.4 Å². The highest BCUT2D eigenvalue weighted by molar-refractivity contribution is 7.99. The van der Waals surface area contributed by atoms with E-state index < -0.39 is 0 Å². The minimum absolute atomic E-state index is 0.0716. The molecule has 0 spiro atoms. The van der Waals surface area contributed by atoms with E-state index >= 15 is 0 Å². The number of carbonyl (C=O) groups is 1. The molecular formula is C24H27ClN4O2S. The summed E-state index contributed by atoms with van der Waals surface area (Å²) in [5.41, 5.74) is 2.92. The molecule has 4 rings (SSSR count). The number of hydrogen-bond acceptors (Lipinski definition) is 5. The number of aryl methyl sites for hydroxylation is 1. The lowest BCUT2D eigenvalue weighted by atomic mass is 10.2. The van der Waals surface area contributed by atoms with Crippen molar-refractivity contribution in [2.75, 3.05) is 36.8 Å². The molecular weight excluding hydrogens is 444 g/mol. The number of carbonyl (C=O) groups excluding carboxylic acids is 1. The van der Waals surface area contributed by atoms with Crippen LogP contribution >= 0.6 is 23.4 Å². The number of amides is 1. The fourth-order valence-electron chi connectivity index (χ4n) is 3.96. The van der Waals surface area contributed by atoms with Gasteiger partial charge in [-0.1, -0.05) is 42.4 Å². The molecule has 8 heteroatoms. The quantitative estimate of drug-likeness (QED) is 0.399. The van der Waals surface area contributed by atoms with Gasteiger partial charge in [-0.15, -0.1) is 0 Å². The zero-order valence-electron chi connectivity index (χ0n) is 18.4. The fourth-order valence-corrected chi connectivity index (χ4v) is 5.06. The summed E-state index contributed by atoms with van der Waals surface area (Å²) < 4.78 is 1.67. The van der Waals surface area contributed by atoms with Crippen LogP contribution in [0.25, 0.3) is 10.9 Å². The summed E-state index contributed by atoms with van der Waals surface area (Å²) in [5.74, 6) is 0.328. The normalized spacial score (nSPS) is 14.2. The van der Waals surface area contributed by atoms with Crippen LogP contribution in [0.5, 0.6) is 0 Å². The van der Waals surface area contributed by atoms with E-state index in [4.69, 9.17) is 11.6 Å². The highest BCUT2D eigenvalue weighted by Crippen LogP contribution is 2.22. The number of hydrogen-bond donors (Lipinski definition) is 0. The second-order valence-electron chi connectivity index (χ2n) is 8.01. The average Bonchev–Trinajstić information content (AvgIpc) is 2.79. The van der Waals surface area contributed by atoms with Gasteiger partial charge in [0.1, 0.15) is 0 Å². The number of nitrogens with zero attached hydrogens (tertiary/aromatic N) is 4. The molecule has 1 aromatic heterocycles. The molecule has 1 aliphatic rings. The summed E-state index contributed by atoms with van der Waals surface area (Å²) in [6.07, 6.45) is 0.809. The predicted octanol–water partition coefficient (Wildman–Crippen LogP) is 4.21. The smallest absolute Gasteiger partial charge is 0.262 e. The number of benzene rings is 2. The van der Waals surface area contributed by atoms with Gasteiger partial charge in [-0.25, -0.2) is 4.98 Å². The highest BCUT2D eigenvalue weighted by atomic mass is 35.5. The molecule has 0 N–H and O–H groups in total. The van der Waals surface area contributed by atoms with Gasteiger partial charge in [0.2, 0.25) is 5.91 Å². The lowest BCUT2D eigenvalue weighted by Gasteiger charge is -2.36. The van der Waals surface area contributed by atoms with E-state index in [9.17, 15) is 9.59 Å². The highest BCUT2D eigenvalue weighted by Gasteiger charge is 2.22. The molecule has 168 valence electrons. The first-order valence-electron chi connectivity index (χ1n) is 10.9. The maximum atomic E-state index is 13.0. The van der Waals surface area contributed by atoms with Crippen LogP contribution in [-0.4, -0.2) is 52.3 Å². The molecule has 0 unspecified atom stereocenters. The molecule has 0 bridgehead atoms. The Hall–Kier alpha value is -2.51. The van der Waals surface area contributed by atoms with Gasteiger partial charge in [-0.2, -0.15) is 0 Å². The Kier molecular flexibility index (Phi) is 7.06. The largest absolute Gasteiger partial charge is 0.368 e. The number of aromatic nitrogens is 2. The van der Waals surface area contributed by atoms with Crippen molar-refractivity contribution in [2.24, 2.45) is 0 Å². The Bertz CT molecular complexity index is 1190. The number of anilines is 1. The Morgan fingerprint density at radius 3 is 2.62 bits per heavy atom. The zero-order valence-corrected chi connectivity index (χ0v) is 20.0. The van der Waals surface area contributed by atoms with Crippen LogP contribution in [0.15, 0.2) is 52.4 Å². The van der Waals surface area contributed by atoms with Crippen LogP contribution in [0, 0.1) is 6.92 Å². The molecule has 2 aromatic carbocycles. The van der Waals surface area contributed by atoms with Crippen LogP contribution in [0.4, 0.5) is 5.69 Å². The number of piperazine rings is 1. The van der Waals surface area contributed by atoms with Crippen LogP contribution < -0.4 is 10.5 Å². The summed E-state index contributed by atoms with van der Waals surface area (Å²) in [5, 5.41) is 1.65. The van der Waals surface area contributed by atoms with Crippen LogP contribution in [-0.2, 0) is 11.3 Å². The van der Waals surface area contributed by atoms with Crippen molar-refractivity contribution in [3.63, 3.8) is 0 Å². The van der Waals surface area contributed by atoms with Crippen molar-refractivity contribution in [3.05, 3.63) is 63.4 Å². The molecule has 1 aliphatic heterocycles. The lowest BCUT2D eigenvalue weighted by Crippen LogP contribution is -2.49. The lowest BCUT2D eigenvalue weighted by molar-refractivity contribution is -0.128. The van der Waals surface area contributed by atoms with Gasteiger partial charge >= 0.3 is 0 Å². The van der Waals surface area contributed by atoms with Gasteiger partial charge in [-0.3, -0.25) is 14.2 Å². The standard InChI is InChI=1S/C24H27ClN4O2S/c1-3-9-29-23(31)20-8-7-18(25)15-21(20)26-24(29)32-16-22(30)28-12-10-27(11-13-28)19-6-4-5-17(2)14-19/h4-8,14-15H,3,9-13,16H2,1-2H3. The van der Waals surface area contributed by atoms with Crippen molar-refractivity contribution < 1.29 is 4.79 Å². The molecule has 6 nitrogen and oxygen atoms in total. The van der Waals surface area contributed by atoms with Crippen LogP contribution in [0.1, 0.15) is 18.9 Å². The minimum atomic E-state index is -0.0877. The molecule has 1 saturated heterocycles. The van der Waals surface area contributed by atoms with Crippen molar-refractivity contribution in [1.82, 2.24) is 14.5 Å². The summed E-state index contributed by atoms with van der Waals surface area (Å²) in [7, 11) is 0. The first-order valence-corrected chi connectivity index (χ1v) is 12.2. The summed E-state index contributed by atoms with van der Waals surface area (Å²) in [4.78, 5) is 34.7. The van der Waals surface area contributed by atoms with E-state index in [1.54, 1.807) is 22.8 Å². The molecule has 1 amide bonds. The third-order valence-corrected chi connectivity index (χ3v) is 6.85. The molecule has 0 radical (unpaired) electrons.